The minimum atomic E-state index is 0.600. The van der Waals surface area contributed by atoms with Gasteiger partial charge in [-0.05, 0) is 35.7 Å². The van der Waals surface area contributed by atoms with Crippen LogP contribution in [0.4, 0.5) is 0 Å². The van der Waals surface area contributed by atoms with Crippen LogP contribution in [0, 0.1) is 6.92 Å². The monoisotopic (exact) mass is 282 g/mol. The first-order valence-corrected chi connectivity index (χ1v) is 6.65. The lowest BCUT2D eigenvalue weighted by molar-refractivity contribution is 0.428. The number of aryl methyl sites for hydroxylation is 1. The normalized spacial score (nSPS) is 18.4. The van der Waals surface area contributed by atoms with Crippen molar-refractivity contribution < 1.29 is 0 Å². The van der Waals surface area contributed by atoms with Crippen molar-refractivity contribution in [3.63, 3.8) is 0 Å². The number of aromatic nitrogens is 4. The summed E-state index contributed by atoms with van der Waals surface area (Å²) in [5.41, 5.74) is 0.981. The lowest BCUT2D eigenvalue weighted by atomic mass is 9.89. The van der Waals surface area contributed by atoms with Gasteiger partial charge in [0, 0.05) is 5.92 Å². The predicted molar refractivity (Wildman–Crippen MR) is 65.6 cm³/mol. The number of H-pyrrole nitrogens is 1. The van der Waals surface area contributed by atoms with Crippen LogP contribution in [0.15, 0.2) is 4.60 Å². The second kappa shape index (κ2) is 3.87. The summed E-state index contributed by atoms with van der Waals surface area (Å²) in [7, 11) is 0. The first-order chi connectivity index (χ1) is 7.75. The van der Waals surface area contributed by atoms with E-state index in [2.05, 4.69) is 31.0 Å². The number of rotatable bonds is 1. The van der Waals surface area contributed by atoms with E-state index in [1.54, 1.807) is 0 Å². The standard InChI is InChI=1S/C11H15BrN4/c1-7-9(12)16-11(13-7)14-10(15-16)8-5-3-2-4-6-8/h8H,2-6H2,1H3,(H,13,14,15). The number of aromatic amines is 1. The zero-order valence-electron chi connectivity index (χ0n) is 9.33. The number of nitrogens with zero attached hydrogens (tertiary/aromatic N) is 3. The van der Waals surface area contributed by atoms with Crippen molar-refractivity contribution in [1.82, 2.24) is 19.6 Å². The van der Waals surface area contributed by atoms with E-state index in [4.69, 9.17) is 0 Å². The van der Waals surface area contributed by atoms with Gasteiger partial charge in [-0.3, -0.25) is 5.10 Å². The van der Waals surface area contributed by atoms with Crippen LogP contribution in [0.3, 0.4) is 0 Å². The molecule has 1 fully saturated rings. The second-order valence-electron chi connectivity index (χ2n) is 4.57. The zero-order chi connectivity index (χ0) is 11.1. The summed E-state index contributed by atoms with van der Waals surface area (Å²) in [6.45, 7) is 1.98. The van der Waals surface area contributed by atoms with Crippen molar-refractivity contribution in [2.45, 2.75) is 44.9 Å². The van der Waals surface area contributed by atoms with Gasteiger partial charge in [0.2, 0.25) is 0 Å². The minimum Gasteiger partial charge on any atom is -0.277 e. The van der Waals surface area contributed by atoms with Crippen LogP contribution in [0.25, 0.3) is 5.78 Å². The Kier molecular flexibility index (Phi) is 2.50. The van der Waals surface area contributed by atoms with E-state index < -0.39 is 0 Å². The number of halogens is 1. The van der Waals surface area contributed by atoms with Crippen LogP contribution in [-0.4, -0.2) is 19.6 Å². The molecule has 2 aromatic heterocycles. The number of fused-ring (bicyclic) bond motifs is 1. The molecule has 1 aliphatic rings. The molecule has 86 valence electrons. The van der Waals surface area contributed by atoms with Crippen LogP contribution in [0.1, 0.15) is 49.5 Å². The van der Waals surface area contributed by atoms with Gasteiger partial charge >= 0.3 is 0 Å². The Morgan fingerprint density at radius 1 is 1.25 bits per heavy atom. The Morgan fingerprint density at radius 3 is 2.69 bits per heavy atom. The molecule has 2 aromatic rings. The highest BCUT2D eigenvalue weighted by molar-refractivity contribution is 9.10. The molecule has 3 rings (SSSR count). The summed E-state index contributed by atoms with van der Waals surface area (Å²) < 4.78 is 2.91. The van der Waals surface area contributed by atoms with Crippen molar-refractivity contribution in [3.8, 4) is 0 Å². The Labute approximate surface area is 103 Å². The fourth-order valence-electron chi connectivity index (χ4n) is 2.48. The highest BCUT2D eigenvalue weighted by Gasteiger charge is 2.20. The largest absolute Gasteiger partial charge is 0.277 e. The summed E-state index contributed by atoms with van der Waals surface area (Å²) >= 11 is 3.52. The van der Waals surface area contributed by atoms with Crippen LogP contribution >= 0.6 is 15.9 Å². The quantitative estimate of drug-likeness (QED) is 0.873. The van der Waals surface area contributed by atoms with Crippen molar-refractivity contribution in [3.05, 3.63) is 16.1 Å². The maximum atomic E-state index is 4.58. The van der Waals surface area contributed by atoms with Crippen molar-refractivity contribution in [1.29, 1.82) is 0 Å². The van der Waals surface area contributed by atoms with Crippen LogP contribution in [0.5, 0.6) is 0 Å². The molecule has 0 spiro atoms. The average Bonchev–Trinajstić information content (AvgIpc) is 2.82. The van der Waals surface area contributed by atoms with Gasteiger partial charge in [0.25, 0.3) is 5.78 Å². The van der Waals surface area contributed by atoms with Gasteiger partial charge in [-0.25, -0.2) is 9.50 Å². The number of hydrogen-bond donors (Lipinski definition) is 1. The van der Waals surface area contributed by atoms with E-state index in [1.165, 1.54) is 32.1 Å². The molecule has 0 unspecified atom stereocenters. The summed E-state index contributed by atoms with van der Waals surface area (Å²) in [4.78, 5) is 8.99. The first-order valence-electron chi connectivity index (χ1n) is 5.86. The molecule has 0 amide bonds. The third kappa shape index (κ3) is 1.57. The van der Waals surface area contributed by atoms with Crippen LogP contribution in [-0.2, 0) is 0 Å². The molecule has 1 aliphatic carbocycles. The SMILES string of the molecule is Cc1nc2nc(C3CCCCC3)[nH]n2c1Br. The van der Waals surface area contributed by atoms with Crippen molar-refractivity contribution in [2.24, 2.45) is 0 Å². The first kappa shape index (κ1) is 10.3. The van der Waals surface area contributed by atoms with Gasteiger partial charge in [-0.2, -0.15) is 4.98 Å². The van der Waals surface area contributed by atoms with Crippen molar-refractivity contribution in [2.75, 3.05) is 0 Å². The molecule has 5 heteroatoms. The topological polar surface area (TPSA) is 46.0 Å². The Bertz CT molecular complexity index is 507. The van der Waals surface area contributed by atoms with Gasteiger partial charge in [-0.1, -0.05) is 19.3 Å². The minimum absolute atomic E-state index is 0.600. The number of nitrogens with one attached hydrogen (secondary N) is 1. The maximum Gasteiger partial charge on any atom is 0.251 e. The lowest BCUT2D eigenvalue weighted by Gasteiger charge is -2.18. The summed E-state index contributed by atoms with van der Waals surface area (Å²) in [6, 6.07) is 0. The van der Waals surface area contributed by atoms with Gasteiger partial charge in [0.05, 0.1) is 5.69 Å². The molecule has 1 saturated carbocycles. The number of imidazole rings is 1. The Balaban J connectivity index is 1.98. The summed E-state index contributed by atoms with van der Waals surface area (Å²) in [5.74, 6) is 2.48. The highest BCUT2D eigenvalue weighted by Crippen LogP contribution is 2.31. The third-order valence-electron chi connectivity index (χ3n) is 3.40. The van der Waals surface area contributed by atoms with Crippen LogP contribution in [0.2, 0.25) is 0 Å². The van der Waals surface area contributed by atoms with E-state index in [9.17, 15) is 0 Å². The van der Waals surface area contributed by atoms with Gasteiger partial charge in [0.1, 0.15) is 10.4 Å². The molecule has 2 heterocycles. The molecule has 0 aliphatic heterocycles. The number of hydrogen-bond acceptors (Lipinski definition) is 2. The average molecular weight is 283 g/mol. The molecule has 4 nitrogen and oxygen atoms in total. The molecule has 0 aromatic carbocycles. The third-order valence-corrected chi connectivity index (χ3v) is 4.33. The van der Waals surface area contributed by atoms with Gasteiger partial charge < -0.3 is 0 Å². The maximum absolute atomic E-state index is 4.58. The van der Waals surface area contributed by atoms with E-state index >= 15 is 0 Å². The fraction of sp³-hybridized carbons (Fsp3) is 0.636. The molecule has 0 radical (unpaired) electrons. The molecule has 0 saturated heterocycles. The summed E-state index contributed by atoms with van der Waals surface area (Å²) in [6.07, 6.45) is 6.54. The van der Waals surface area contributed by atoms with Crippen molar-refractivity contribution >= 4 is 21.7 Å². The Morgan fingerprint density at radius 2 is 2.00 bits per heavy atom. The fourth-order valence-corrected chi connectivity index (χ4v) is 2.81. The molecule has 1 N–H and O–H groups in total. The van der Waals surface area contributed by atoms with E-state index in [0.717, 1.165) is 21.9 Å². The van der Waals surface area contributed by atoms with E-state index in [1.807, 2.05) is 11.4 Å². The van der Waals surface area contributed by atoms with Gasteiger partial charge in [-0.15, -0.1) is 0 Å². The highest BCUT2D eigenvalue weighted by atomic mass is 79.9. The lowest BCUT2D eigenvalue weighted by Crippen LogP contribution is -2.06. The smallest absolute Gasteiger partial charge is 0.251 e. The van der Waals surface area contributed by atoms with E-state index in [-0.39, 0.29) is 0 Å². The summed E-state index contributed by atoms with van der Waals surface area (Å²) in [5, 5.41) is 3.35. The molecular formula is C11H15BrN4. The second-order valence-corrected chi connectivity index (χ2v) is 5.32. The van der Waals surface area contributed by atoms with E-state index in [0.29, 0.717) is 5.92 Å². The zero-order valence-corrected chi connectivity index (χ0v) is 10.9. The molecule has 16 heavy (non-hydrogen) atoms. The van der Waals surface area contributed by atoms with Gasteiger partial charge in [0.15, 0.2) is 0 Å². The molecule has 0 bridgehead atoms. The van der Waals surface area contributed by atoms with Crippen LogP contribution < -0.4 is 0 Å². The Hall–Kier alpha value is -0.840. The predicted octanol–water partition coefficient (Wildman–Crippen LogP) is 3.18. The molecule has 0 atom stereocenters. The molecular weight excluding hydrogens is 268 g/mol.